The monoisotopic (exact) mass is 308 g/mol. The Morgan fingerprint density at radius 2 is 2.23 bits per heavy atom. The first-order valence-corrected chi connectivity index (χ1v) is 7.56. The Hall–Kier alpha value is -1.96. The van der Waals surface area contributed by atoms with Crippen molar-refractivity contribution in [3.8, 4) is 0 Å². The topological polar surface area (TPSA) is 90.5 Å². The van der Waals surface area contributed by atoms with Crippen molar-refractivity contribution in [3.63, 3.8) is 0 Å². The highest BCUT2D eigenvalue weighted by Crippen LogP contribution is 2.38. The van der Waals surface area contributed by atoms with Crippen LogP contribution in [0.1, 0.15) is 36.2 Å². The predicted molar refractivity (Wildman–Crippen MR) is 77.5 cm³/mol. The molecule has 120 valence electrons. The summed E-state index contributed by atoms with van der Waals surface area (Å²) in [5.74, 6) is -0.350. The number of piperidine rings is 1. The summed E-state index contributed by atoms with van der Waals surface area (Å²) in [5.41, 5.74) is -0.288. The van der Waals surface area contributed by atoms with Gasteiger partial charge in [0.15, 0.2) is 0 Å². The van der Waals surface area contributed by atoms with Gasteiger partial charge in [-0.3, -0.25) is 19.6 Å². The maximum atomic E-state index is 12.7. The molecule has 2 aliphatic rings. The van der Waals surface area contributed by atoms with Crippen molar-refractivity contribution >= 4 is 11.6 Å². The van der Waals surface area contributed by atoms with Crippen LogP contribution in [0.2, 0.25) is 0 Å². The fourth-order valence-electron chi connectivity index (χ4n) is 3.52. The molecule has 2 saturated heterocycles. The van der Waals surface area contributed by atoms with E-state index in [1.54, 1.807) is 11.9 Å². The molecule has 1 amide bonds. The van der Waals surface area contributed by atoms with Crippen LogP contribution in [-0.2, 0) is 11.8 Å². The number of carbonyl (C=O) groups is 1. The van der Waals surface area contributed by atoms with Crippen LogP contribution in [0.4, 0.5) is 5.69 Å². The molecule has 1 aromatic rings. The molecule has 0 radical (unpaired) electrons. The van der Waals surface area contributed by atoms with Crippen LogP contribution in [0.15, 0.2) is 6.20 Å². The largest absolute Gasteiger partial charge is 0.381 e. The number of hydrogen-bond acceptors (Lipinski definition) is 5. The smallest absolute Gasteiger partial charge is 0.320 e. The first-order valence-electron chi connectivity index (χ1n) is 7.56. The lowest BCUT2D eigenvalue weighted by atomic mass is 9.76. The molecule has 1 spiro atoms. The van der Waals surface area contributed by atoms with Crippen molar-refractivity contribution in [1.29, 1.82) is 0 Å². The lowest BCUT2D eigenvalue weighted by molar-refractivity contribution is -0.385. The number of ether oxygens (including phenoxy) is 1. The second kappa shape index (κ2) is 5.68. The van der Waals surface area contributed by atoms with Crippen LogP contribution < -0.4 is 0 Å². The zero-order valence-electron chi connectivity index (χ0n) is 12.7. The van der Waals surface area contributed by atoms with Gasteiger partial charge < -0.3 is 9.64 Å². The highest BCUT2D eigenvalue weighted by atomic mass is 16.6. The van der Waals surface area contributed by atoms with Gasteiger partial charge >= 0.3 is 5.69 Å². The quantitative estimate of drug-likeness (QED) is 0.608. The molecule has 1 unspecified atom stereocenters. The Morgan fingerprint density at radius 1 is 1.45 bits per heavy atom. The number of likely N-dealkylation sites (tertiary alicyclic amines) is 1. The Morgan fingerprint density at radius 3 is 2.91 bits per heavy atom. The zero-order chi connectivity index (χ0) is 15.7. The van der Waals surface area contributed by atoms with Crippen LogP contribution in [0.3, 0.4) is 0 Å². The van der Waals surface area contributed by atoms with Crippen molar-refractivity contribution in [3.05, 3.63) is 22.0 Å². The average molecular weight is 308 g/mol. The second-order valence-corrected chi connectivity index (χ2v) is 6.28. The molecule has 0 N–H and O–H groups in total. The van der Waals surface area contributed by atoms with E-state index < -0.39 is 4.92 Å². The summed E-state index contributed by atoms with van der Waals surface area (Å²) >= 11 is 0. The number of aryl methyl sites for hydroxylation is 1. The van der Waals surface area contributed by atoms with E-state index in [9.17, 15) is 14.9 Å². The molecule has 1 aromatic heterocycles. The minimum Gasteiger partial charge on any atom is -0.381 e. The highest BCUT2D eigenvalue weighted by molar-refractivity contribution is 5.96. The molecule has 3 heterocycles. The average Bonchev–Trinajstić information content (AvgIpc) is 2.89. The third-order valence-corrected chi connectivity index (χ3v) is 4.56. The minimum atomic E-state index is -0.552. The Kier molecular flexibility index (Phi) is 3.86. The molecule has 2 fully saturated rings. The molecule has 8 heteroatoms. The first-order chi connectivity index (χ1) is 10.5. The maximum Gasteiger partial charge on any atom is 0.320 e. The van der Waals surface area contributed by atoms with Gasteiger partial charge in [-0.25, -0.2) is 0 Å². The van der Waals surface area contributed by atoms with Crippen LogP contribution >= 0.6 is 0 Å². The lowest BCUT2D eigenvalue weighted by Crippen LogP contribution is -2.49. The normalized spacial score (nSPS) is 25.4. The molecule has 2 aliphatic heterocycles. The number of nitro groups is 1. The number of rotatable bonds is 2. The summed E-state index contributed by atoms with van der Waals surface area (Å²) in [6, 6.07) is 0. The van der Waals surface area contributed by atoms with E-state index >= 15 is 0 Å². The summed E-state index contributed by atoms with van der Waals surface area (Å²) in [6.45, 7) is 2.66. The molecule has 0 bridgehead atoms. The van der Waals surface area contributed by atoms with E-state index in [0.29, 0.717) is 19.7 Å². The van der Waals surface area contributed by atoms with Crippen molar-refractivity contribution in [1.82, 2.24) is 14.7 Å². The van der Waals surface area contributed by atoms with Crippen molar-refractivity contribution in [2.24, 2.45) is 12.5 Å². The summed E-state index contributed by atoms with van der Waals surface area (Å²) < 4.78 is 6.91. The zero-order valence-corrected chi connectivity index (χ0v) is 12.7. The molecule has 8 nitrogen and oxygen atoms in total. The molecular weight excluding hydrogens is 288 g/mol. The molecule has 3 rings (SSSR count). The lowest BCUT2D eigenvalue weighted by Gasteiger charge is -2.44. The Bertz CT molecular complexity index is 586. The van der Waals surface area contributed by atoms with Crippen molar-refractivity contribution in [2.45, 2.75) is 25.7 Å². The van der Waals surface area contributed by atoms with Crippen molar-refractivity contribution in [2.75, 3.05) is 26.3 Å². The Balaban J connectivity index is 1.81. The number of carbonyl (C=O) groups excluding carboxylic acids is 1. The third kappa shape index (κ3) is 2.70. The molecule has 0 saturated carbocycles. The van der Waals surface area contributed by atoms with Gasteiger partial charge in [-0.2, -0.15) is 5.10 Å². The summed E-state index contributed by atoms with van der Waals surface area (Å²) in [6.07, 6.45) is 5.26. The summed E-state index contributed by atoms with van der Waals surface area (Å²) in [5, 5.41) is 15.1. The second-order valence-electron chi connectivity index (χ2n) is 6.28. The van der Waals surface area contributed by atoms with Gasteiger partial charge in [-0.05, 0) is 25.7 Å². The van der Waals surface area contributed by atoms with Crippen LogP contribution in [0.25, 0.3) is 0 Å². The number of amides is 1. The standard InChI is InChI=1S/C14H20N4O4/c1-16-8-11(18(20)21)12(15-16)13(19)17-6-2-4-14(9-17)5-3-7-22-10-14/h8H,2-7,9-10H2,1H3. The molecule has 1 atom stereocenters. The maximum absolute atomic E-state index is 12.7. The van der Waals surface area contributed by atoms with Gasteiger partial charge in [0.2, 0.25) is 5.69 Å². The van der Waals surface area contributed by atoms with Crippen molar-refractivity contribution < 1.29 is 14.5 Å². The molecule has 0 aliphatic carbocycles. The van der Waals surface area contributed by atoms with Gasteiger partial charge in [0.25, 0.3) is 5.91 Å². The first kappa shape index (κ1) is 15.0. The third-order valence-electron chi connectivity index (χ3n) is 4.56. The van der Waals surface area contributed by atoms with Gasteiger partial charge in [-0.15, -0.1) is 0 Å². The van der Waals surface area contributed by atoms with E-state index in [0.717, 1.165) is 32.3 Å². The summed E-state index contributed by atoms with van der Waals surface area (Å²) in [4.78, 5) is 24.9. The van der Waals surface area contributed by atoms with E-state index in [1.807, 2.05) is 0 Å². The highest BCUT2D eigenvalue weighted by Gasteiger charge is 2.40. The van der Waals surface area contributed by atoms with Gasteiger partial charge in [0.05, 0.1) is 11.5 Å². The van der Waals surface area contributed by atoms with Crippen LogP contribution in [-0.4, -0.2) is 51.8 Å². The molecule has 22 heavy (non-hydrogen) atoms. The van der Waals surface area contributed by atoms with E-state index in [4.69, 9.17) is 4.74 Å². The number of hydrogen-bond donors (Lipinski definition) is 0. The fraction of sp³-hybridized carbons (Fsp3) is 0.714. The number of nitrogens with zero attached hydrogens (tertiary/aromatic N) is 4. The van der Waals surface area contributed by atoms with Gasteiger partial charge in [-0.1, -0.05) is 0 Å². The molecule has 0 aromatic carbocycles. The number of aromatic nitrogens is 2. The SMILES string of the molecule is Cn1cc([N+](=O)[O-])c(C(=O)N2CCCC3(CCCOC3)C2)n1. The van der Waals surface area contributed by atoms with E-state index in [1.165, 1.54) is 10.9 Å². The van der Waals surface area contributed by atoms with Gasteiger partial charge in [0, 0.05) is 32.2 Å². The molecular formula is C14H20N4O4. The van der Waals surface area contributed by atoms with Crippen LogP contribution in [0, 0.1) is 15.5 Å². The van der Waals surface area contributed by atoms with E-state index in [-0.39, 0.29) is 22.7 Å². The predicted octanol–water partition coefficient (Wildman–Crippen LogP) is 1.36. The van der Waals surface area contributed by atoms with E-state index in [2.05, 4.69) is 5.10 Å². The Labute approximate surface area is 128 Å². The fourth-order valence-corrected chi connectivity index (χ4v) is 3.52. The van der Waals surface area contributed by atoms with Gasteiger partial charge in [0.1, 0.15) is 6.20 Å². The minimum absolute atomic E-state index is 0.00964. The van der Waals surface area contributed by atoms with Crippen LogP contribution in [0.5, 0.6) is 0 Å². The summed E-state index contributed by atoms with van der Waals surface area (Å²) in [7, 11) is 1.58.